The van der Waals surface area contributed by atoms with Crippen LogP contribution in [0, 0.1) is 5.92 Å². The Hall–Kier alpha value is -0.650. The zero-order valence-electron chi connectivity index (χ0n) is 13.7. The third-order valence-electron chi connectivity index (χ3n) is 3.85. The van der Waals surface area contributed by atoms with Gasteiger partial charge in [0.1, 0.15) is 5.54 Å². The first-order valence-corrected chi connectivity index (χ1v) is 7.71. The number of rotatable bonds is 10. The fourth-order valence-electron chi connectivity index (χ4n) is 2.66. The van der Waals surface area contributed by atoms with Crippen molar-refractivity contribution in [3.63, 3.8) is 0 Å². The summed E-state index contributed by atoms with van der Waals surface area (Å²) >= 11 is 0. The molecule has 0 heterocycles. The maximum Gasteiger partial charge on any atom is 0.327 e. The first-order valence-electron chi connectivity index (χ1n) is 7.71. The molecule has 0 aromatic carbocycles. The number of carbonyl (C=O) groups is 1. The molecular weight excluding hydrogens is 254 g/mol. The Balaban J connectivity index is 2.72. The Morgan fingerprint density at radius 3 is 2.35 bits per heavy atom. The van der Waals surface area contributed by atoms with E-state index >= 15 is 0 Å². The summed E-state index contributed by atoms with van der Waals surface area (Å²) in [5, 5.41) is 3.43. The third kappa shape index (κ3) is 4.72. The van der Waals surface area contributed by atoms with Crippen molar-refractivity contribution in [1.82, 2.24) is 15.1 Å². The van der Waals surface area contributed by atoms with Crippen LogP contribution in [-0.4, -0.2) is 75.2 Å². The van der Waals surface area contributed by atoms with E-state index in [1.807, 2.05) is 6.92 Å². The molecule has 1 N–H and O–H groups in total. The lowest BCUT2D eigenvalue weighted by atomic mass is 9.92. The number of esters is 1. The molecule has 1 saturated carbocycles. The molecule has 1 atom stereocenters. The summed E-state index contributed by atoms with van der Waals surface area (Å²) in [4.78, 5) is 16.9. The fraction of sp³-hybridized carbons (Fsp3) is 0.933. The van der Waals surface area contributed by atoms with E-state index in [1.54, 1.807) is 0 Å². The highest BCUT2D eigenvalue weighted by Gasteiger charge is 2.52. The number of likely N-dealkylation sites (N-methyl/N-ethyl adjacent to an activating group) is 3. The van der Waals surface area contributed by atoms with E-state index in [1.165, 1.54) is 0 Å². The summed E-state index contributed by atoms with van der Waals surface area (Å²) in [6.07, 6.45) is 2.24. The molecule has 1 aliphatic rings. The molecule has 0 aromatic heterocycles. The lowest BCUT2D eigenvalue weighted by Gasteiger charge is -2.36. The van der Waals surface area contributed by atoms with Gasteiger partial charge in [0.25, 0.3) is 0 Å². The Morgan fingerprint density at radius 1 is 1.25 bits per heavy atom. The molecule has 5 nitrogen and oxygen atoms in total. The van der Waals surface area contributed by atoms with Gasteiger partial charge in [-0.1, -0.05) is 6.92 Å². The monoisotopic (exact) mass is 285 g/mol. The van der Waals surface area contributed by atoms with Crippen molar-refractivity contribution >= 4 is 5.97 Å². The summed E-state index contributed by atoms with van der Waals surface area (Å²) in [6.45, 7) is 7.82. The molecule has 1 aliphatic carbocycles. The SMILES string of the molecule is CCNC(CN(C)CCN(C)C)(C(=O)OCC)C1CC1. The van der Waals surface area contributed by atoms with Crippen LogP contribution in [0.4, 0.5) is 0 Å². The maximum absolute atomic E-state index is 12.5. The molecule has 0 saturated heterocycles. The van der Waals surface area contributed by atoms with Gasteiger partial charge in [-0.15, -0.1) is 0 Å². The van der Waals surface area contributed by atoms with Crippen molar-refractivity contribution < 1.29 is 9.53 Å². The van der Waals surface area contributed by atoms with Crippen molar-refractivity contribution in [1.29, 1.82) is 0 Å². The zero-order chi connectivity index (χ0) is 15.2. The largest absolute Gasteiger partial charge is 0.465 e. The highest BCUT2D eigenvalue weighted by Crippen LogP contribution is 2.41. The Morgan fingerprint density at radius 2 is 1.90 bits per heavy atom. The quantitative estimate of drug-likeness (QED) is 0.602. The van der Waals surface area contributed by atoms with E-state index < -0.39 is 5.54 Å². The van der Waals surface area contributed by atoms with Crippen LogP contribution in [0.3, 0.4) is 0 Å². The lowest BCUT2D eigenvalue weighted by molar-refractivity contribution is -0.153. The van der Waals surface area contributed by atoms with Gasteiger partial charge in [-0.3, -0.25) is 0 Å². The van der Waals surface area contributed by atoms with Crippen LogP contribution in [0.5, 0.6) is 0 Å². The molecule has 1 rings (SSSR count). The first kappa shape index (κ1) is 17.4. The molecule has 0 bridgehead atoms. The van der Waals surface area contributed by atoms with E-state index in [2.05, 4.69) is 43.2 Å². The van der Waals surface area contributed by atoms with Crippen LogP contribution < -0.4 is 5.32 Å². The molecule has 0 spiro atoms. The molecule has 5 heteroatoms. The normalized spacial score (nSPS) is 18.4. The topological polar surface area (TPSA) is 44.8 Å². The van der Waals surface area contributed by atoms with Gasteiger partial charge in [0.2, 0.25) is 0 Å². The lowest BCUT2D eigenvalue weighted by Crippen LogP contribution is -2.61. The molecule has 1 unspecified atom stereocenters. The minimum absolute atomic E-state index is 0.0824. The van der Waals surface area contributed by atoms with Gasteiger partial charge in [-0.05, 0) is 53.4 Å². The number of ether oxygens (including phenoxy) is 1. The summed E-state index contributed by atoms with van der Waals surface area (Å²) in [5.74, 6) is 0.337. The predicted octanol–water partition coefficient (Wildman–Crippen LogP) is 0.801. The average Bonchev–Trinajstić information content (AvgIpc) is 3.20. The number of hydrogen-bond acceptors (Lipinski definition) is 5. The number of hydrogen-bond donors (Lipinski definition) is 1. The van der Waals surface area contributed by atoms with Crippen LogP contribution >= 0.6 is 0 Å². The Labute approximate surface area is 123 Å². The minimum atomic E-state index is -0.522. The molecule has 0 aromatic rings. The van der Waals surface area contributed by atoms with E-state index in [-0.39, 0.29) is 5.97 Å². The van der Waals surface area contributed by atoms with E-state index in [4.69, 9.17) is 4.74 Å². The zero-order valence-corrected chi connectivity index (χ0v) is 13.7. The van der Waals surface area contributed by atoms with Crippen LogP contribution in [0.15, 0.2) is 0 Å². The van der Waals surface area contributed by atoms with Gasteiger partial charge in [0.15, 0.2) is 0 Å². The maximum atomic E-state index is 12.5. The van der Waals surface area contributed by atoms with Crippen LogP contribution in [0.2, 0.25) is 0 Å². The van der Waals surface area contributed by atoms with Crippen molar-refractivity contribution in [2.75, 3.05) is 53.9 Å². The molecule has 0 amide bonds. The Kier molecular flexibility index (Phi) is 6.92. The van der Waals surface area contributed by atoms with Crippen molar-refractivity contribution in [2.45, 2.75) is 32.2 Å². The first-order chi connectivity index (χ1) is 9.46. The van der Waals surface area contributed by atoms with Crippen LogP contribution in [-0.2, 0) is 9.53 Å². The van der Waals surface area contributed by atoms with Crippen LogP contribution in [0.1, 0.15) is 26.7 Å². The second kappa shape index (κ2) is 7.96. The van der Waals surface area contributed by atoms with E-state index in [9.17, 15) is 4.79 Å². The second-order valence-corrected chi connectivity index (χ2v) is 6.04. The van der Waals surface area contributed by atoms with Gasteiger partial charge in [-0.2, -0.15) is 0 Å². The van der Waals surface area contributed by atoms with Crippen molar-refractivity contribution in [2.24, 2.45) is 5.92 Å². The highest BCUT2D eigenvalue weighted by molar-refractivity contribution is 5.82. The number of nitrogens with zero attached hydrogens (tertiary/aromatic N) is 2. The summed E-state index contributed by atoms with van der Waals surface area (Å²) in [7, 11) is 6.21. The average molecular weight is 285 g/mol. The minimum Gasteiger partial charge on any atom is -0.465 e. The number of nitrogens with one attached hydrogen (secondary N) is 1. The molecule has 0 radical (unpaired) electrons. The summed E-state index contributed by atoms with van der Waals surface area (Å²) in [6, 6.07) is 0. The third-order valence-corrected chi connectivity index (χ3v) is 3.85. The summed E-state index contributed by atoms with van der Waals surface area (Å²) < 4.78 is 5.35. The predicted molar refractivity (Wildman–Crippen MR) is 81.8 cm³/mol. The second-order valence-electron chi connectivity index (χ2n) is 6.04. The number of carbonyl (C=O) groups excluding carboxylic acids is 1. The van der Waals surface area contributed by atoms with E-state index in [0.29, 0.717) is 12.5 Å². The van der Waals surface area contributed by atoms with Gasteiger partial charge >= 0.3 is 5.97 Å². The standard InChI is InChI=1S/C15H31N3O2/c1-6-16-15(13-8-9-13,14(19)20-7-2)12-18(5)11-10-17(3)4/h13,16H,6-12H2,1-5H3. The molecule has 118 valence electrons. The smallest absolute Gasteiger partial charge is 0.327 e. The van der Waals surface area contributed by atoms with Gasteiger partial charge in [0.05, 0.1) is 6.61 Å². The van der Waals surface area contributed by atoms with Gasteiger partial charge in [0, 0.05) is 19.6 Å². The van der Waals surface area contributed by atoms with Gasteiger partial charge in [-0.25, -0.2) is 4.79 Å². The molecule has 0 aliphatic heterocycles. The van der Waals surface area contributed by atoms with E-state index in [0.717, 1.165) is 39.0 Å². The fourth-order valence-corrected chi connectivity index (χ4v) is 2.66. The van der Waals surface area contributed by atoms with Crippen molar-refractivity contribution in [3.05, 3.63) is 0 Å². The van der Waals surface area contributed by atoms with Crippen LogP contribution in [0.25, 0.3) is 0 Å². The molecule has 20 heavy (non-hydrogen) atoms. The summed E-state index contributed by atoms with van der Waals surface area (Å²) in [5.41, 5.74) is -0.522. The highest BCUT2D eigenvalue weighted by atomic mass is 16.5. The molecular formula is C15H31N3O2. The molecule has 1 fully saturated rings. The van der Waals surface area contributed by atoms with Gasteiger partial charge < -0.3 is 19.9 Å². The van der Waals surface area contributed by atoms with Crippen molar-refractivity contribution in [3.8, 4) is 0 Å². The Bertz CT molecular complexity index is 305.